The highest BCUT2D eigenvalue weighted by Crippen LogP contribution is 2.40. The molecule has 0 N–H and O–H groups in total. The second kappa shape index (κ2) is 14.8. The van der Waals surface area contributed by atoms with E-state index in [2.05, 4.69) is 38.8 Å². The molecular weight excluding hydrogens is 613 g/mol. The van der Waals surface area contributed by atoms with Crippen LogP contribution in [0.4, 0.5) is 9.59 Å². The van der Waals surface area contributed by atoms with Crippen LogP contribution in [-0.4, -0.2) is 96.8 Å². The van der Waals surface area contributed by atoms with Crippen molar-refractivity contribution >= 4 is 26.4 Å². The fourth-order valence-electron chi connectivity index (χ4n) is 5.92. The Morgan fingerprint density at radius 1 is 0.851 bits per heavy atom. The maximum atomic E-state index is 14.0. The highest BCUT2D eigenvalue weighted by Gasteiger charge is 2.49. The van der Waals surface area contributed by atoms with Crippen LogP contribution in [0.2, 0.25) is 18.1 Å². The number of ether oxygens (including phenoxy) is 2. The summed E-state index contributed by atoms with van der Waals surface area (Å²) in [4.78, 5) is 48.1. The summed E-state index contributed by atoms with van der Waals surface area (Å²) in [6, 6.07) is 19.2. The lowest BCUT2D eigenvalue weighted by atomic mass is 9.92. The van der Waals surface area contributed by atoms with Crippen molar-refractivity contribution in [3.8, 4) is 0 Å². The lowest BCUT2D eigenvalue weighted by Crippen LogP contribution is -2.68. The molecule has 4 rings (SSSR count). The number of piperidine rings is 1. The summed E-state index contributed by atoms with van der Waals surface area (Å²) < 4.78 is 18.1. The summed E-state index contributed by atoms with van der Waals surface area (Å²) in [5.41, 5.74) is 1.36. The molecule has 3 atom stereocenters. The summed E-state index contributed by atoms with van der Waals surface area (Å²) in [7, 11) is -0.940. The molecule has 2 saturated heterocycles. The van der Waals surface area contributed by atoms with Crippen LogP contribution in [0.3, 0.4) is 0 Å². The number of hydrogen-bond donors (Lipinski definition) is 0. The van der Waals surface area contributed by atoms with Crippen LogP contribution in [0.1, 0.15) is 65.5 Å². The minimum atomic E-state index is -2.30. The number of nitrogens with zero attached hydrogens (tertiary/aromatic N) is 4. The van der Waals surface area contributed by atoms with Crippen molar-refractivity contribution in [2.45, 2.75) is 109 Å². The third-order valence-corrected chi connectivity index (χ3v) is 13.9. The van der Waals surface area contributed by atoms with Gasteiger partial charge in [-0.15, -0.1) is 0 Å². The van der Waals surface area contributed by atoms with Crippen molar-refractivity contribution in [3.63, 3.8) is 0 Å². The molecule has 11 heteroatoms. The fourth-order valence-corrected chi connectivity index (χ4v) is 7.29. The number of urea groups is 1. The van der Waals surface area contributed by atoms with Gasteiger partial charge in [0.1, 0.15) is 5.60 Å². The molecule has 0 aromatic heterocycles. The first kappa shape index (κ1) is 36.4. The molecule has 2 aliphatic heterocycles. The molecule has 2 fully saturated rings. The number of esters is 1. The van der Waals surface area contributed by atoms with E-state index in [0.29, 0.717) is 32.8 Å². The molecule has 0 unspecified atom stereocenters. The van der Waals surface area contributed by atoms with E-state index in [0.717, 1.165) is 11.1 Å². The molecule has 2 heterocycles. The maximum Gasteiger partial charge on any atom is 0.410 e. The van der Waals surface area contributed by atoms with Gasteiger partial charge < -0.3 is 28.6 Å². The van der Waals surface area contributed by atoms with E-state index < -0.39 is 26.1 Å². The van der Waals surface area contributed by atoms with E-state index in [1.165, 1.54) is 7.11 Å². The standard InChI is InChI=1S/C36H54N4O6Si/c1-35(2,3)45-34(43)40-24-30(31(20-29(40)21-32(41)44-7)46-47(8,9)36(4,5)6)39-25-37(22-27-16-12-10-13-17-27)33(42)38(26-39)23-28-18-14-11-15-19-28/h10-19,29-31H,20-26H2,1-9H3/t29-,30-,31+/m0/s1. The van der Waals surface area contributed by atoms with Gasteiger partial charge >= 0.3 is 18.1 Å². The highest BCUT2D eigenvalue weighted by molar-refractivity contribution is 6.74. The van der Waals surface area contributed by atoms with Gasteiger partial charge in [0, 0.05) is 25.7 Å². The van der Waals surface area contributed by atoms with E-state index in [4.69, 9.17) is 13.9 Å². The Morgan fingerprint density at radius 2 is 1.36 bits per heavy atom. The van der Waals surface area contributed by atoms with Gasteiger partial charge in [0.15, 0.2) is 8.32 Å². The second-order valence-electron chi connectivity index (χ2n) is 15.3. The van der Waals surface area contributed by atoms with E-state index >= 15 is 0 Å². The number of carbonyl (C=O) groups is 3. The van der Waals surface area contributed by atoms with E-state index in [1.54, 1.807) is 4.90 Å². The predicted molar refractivity (Wildman–Crippen MR) is 185 cm³/mol. The maximum absolute atomic E-state index is 14.0. The second-order valence-corrected chi connectivity index (χ2v) is 20.1. The molecular formula is C36H54N4O6Si. The summed E-state index contributed by atoms with van der Waals surface area (Å²) in [6.45, 7) is 18.5. The van der Waals surface area contributed by atoms with Gasteiger partial charge in [-0.2, -0.15) is 0 Å². The summed E-state index contributed by atoms with van der Waals surface area (Å²) >= 11 is 0. The van der Waals surface area contributed by atoms with E-state index in [9.17, 15) is 14.4 Å². The highest BCUT2D eigenvalue weighted by atomic mass is 28.4. The number of likely N-dealkylation sites (tertiary alicyclic amines) is 1. The number of benzene rings is 2. The quantitative estimate of drug-likeness (QED) is 0.218. The molecule has 0 aliphatic carbocycles. The van der Waals surface area contributed by atoms with Crippen molar-refractivity contribution in [3.05, 3.63) is 71.8 Å². The summed E-state index contributed by atoms with van der Waals surface area (Å²) in [6.07, 6.45) is -0.293. The van der Waals surface area contributed by atoms with E-state index in [1.807, 2.05) is 91.2 Å². The van der Waals surface area contributed by atoms with Gasteiger partial charge in [0.2, 0.25) is 0 Å². The Hall–Kier alpha value is -3.41. The van der Waals surface area contributed by atoms with Gasteiger partial charge in [-0.3, -0.25) is 9.69 Å². The fraction of sp³-hybridized carbons (Fsp3) is 0.583. The number of amides is 3. The lowest BCUT2D eigenvalue weighted by molar-refractivity contribution is -0.143. The molecule has 47 heavy (non-hydrogen) atoms. The third-order valence-electron chi connectivity index (χ3n) is 9.42. The Kier molecular flexibility index (Phi) is 11.5. The van der Waals surface area contributed by atoms with Crippen molar-refractivity contribution in [1.29, 1.82) is 0 Å². The number of hydrogen-bond acceptors (Lipinski definition) is 7. The van der Waals surface area contributed by atoms with Gasteiger partial charge in [0.05, 0.1) is 39.0 Å². The van der Waals surface area contributed by atoms with Gasteiger partial charge in [-0.1, -0.05) is 81.4 Å². The number of carbonyl (C=O) groups excluding carboxylic acids is 3. The lowest BCUT2D eigenvalue weighted by Gasteiger charge is -2.53. The van der Waals surface area contributed by atoms with Crippen LogP contribution < -0.4 is 0 Å². The van der Waals surface area contributed by atoms with Crippen LogP contribution >= 0.6 is 0 Å². The Balaban J connectivity index is 1.74. The van der Waals surface area contributed by atoms with E-state index in [-0.39, 0.29) is 42.2 Å². The molecule has 0 saturated carbocycles. The van der Waals surface area contributed by atoms with Gasteiger partial charge in [-0.25, -0.2) is 9.59 Å². The zero-order valence-electron chi connectivity index (χ0n) is 29.7. The molecule has 0 bridgehead atoms. The zero-order chi connectivity index (χ0) is 34.6. The smallest absolute Gasteiger partial charge is 0.410 e. The normalized spacial score (nSPS) is 21.5. The number of rotatable bonds is 9. The average Bonchev–Trinajstić information content (AvgIpc) is 2.98. The molecule has 10 nitrogen and oxygen atoms in total. The predicted octanol–water partition coefficient (Wildman–Crippen LogP) is 6.67. The third kappa shape index (κ3) is 9.58. The molecule has 258 valence electrons. The Bertz CT molecular complexity index is 1310. The molecule has 0 spiro atoms. The topological polar surface area (TPSA) is 91.9 Å². The average molecular weight is 667 g/mol. The van der Waals surface area contributed by atoms with Crippen LogP contribution in [0.5, 0.6) is 0 Å². The first-order valence-electron chi connectivity index (χ1n) is 16.6. The van der Waals surface area contributed by atoms with Gasteiger partial charge in [0.25, 0.3) is 0 Å². The first-order chi connectivity index (χ1) is 22.0. The molecule has 0 radical (unpaired) electrons. The summed E-state index contributed by atoms with van der Waals surface area (Å²) in [5, 5.41) is -0.0613. The van der Waals surface area contributed by atoms with Crippen molar-refractivity contribution in [2.24, 2.45) is 0 Å². The zero-order valence-corrected chi connectivity index (χ0v) is 30.7. The first-order valence-corrected chi connectivity index (χ1v) is 19.5. The van der Waals surface area contributed by atoms with Crippen LogP contribution in [0, 0.1) is 0 Å². The van der Waals surface area contributed by atoms with Crippen molar-refractivity contribution < 1.29 is 28.3 Å². The van der Waals surface area contributed by atoms with Crippen molar-refractivity contribution in [1.82, 2.24) is 19.6 Å². The molecule has 2 aliphatic rings. The monoisotopic (exact) mass is 666 g/mol. The molecule has 2 aromatic carbocycles. The Labute approximate surface area is 282 Å². The van der Waals surface area contributed by atoms with Crippen LogP contribution in [-0.2, 0) is 31.8 Å². The Morgan fingerprint density at radius 3 is 1.81 bits per heavy atom. The molecule has 2 aromatic rings. The minimum absolute atomic E-state index is 0.0403. The summed E-state index contributed by atoms with van der Waals surface area (Å²) in [5.74, 6) is -0.389. The SMILES string of the molecule is COC(=O)C[C@@H]1C[C@@H](O[Si](C)(C)C(C)(C)C)[C@@H](N2CN(Cc3ccccc3)C(=O)N(Cc3ccccc3)C2)CN1C(=O)OC(C)(C)C. The molecule has 3 amide bonds. The largest absolute Gasteiger partial charge is 0.469 e. The van der Waals surface area contributed by atoms with Gasteiger partial charge in [-0.05, 0) is 56.5 Å². The van der Waals surface area contributed by atoms with Crippen molar-refractivity contribution in [2.75, 3.05) is 27.0 Å². The van der Waals surface area contributed by atoms with Crippen LogP contribution in [0.25, 0.3) is 0 Å². The number of methoxy groups -OCH3 is 1. The van der Waals surface area contributed by atoms with Crippen LogP contribution in [0.15, 0.2) is 60.7 Å². The minimum Gasteiger partial charge on any atom is -0.469 e.